The summed E-state index contributed by atoms with van der Waals surface area (Å²) in [5.74, 6) is -1.05. The Labute approximate surface area is 146 Å². The quantitative estimate of drug-likeness (QED) is 0.572. The van der Waals surface area contributed by atoms with E-state index in [9.17, 15) is 10.1 Å². The predicted molar refractivity (Wildman–Crippen MR) is 93.1 cm³/mol. The number of hydrogen-bond donors (Lipinski definition) is 1. The van der Waals surface area contributed by atoms with Crippen molar-refractivity contribution >= 4 is 28.2 Å². The highest BCUT2D eigenvalue weighted by Gasteiger charge is 2.27. The number of rotatable bonds is 4. The summed E-state index contributed by atoms with van der Waals surface area (Å²) in [6.45, 7) is 0. The molecule has 8 heteroatoms. The van der Waals surface area contributed by atoms with Crippen LogP contribution in [0, 0.1) is 11.3 Å². The fraction of sp³-hybridized carbons (Fsp3) is 0.118. The zero-order chi connectivity index (χ0) is 17.4. The van der Waals surface area contributed by atoms with Crippen LogP contribution in [0.5, 0.6) is 0 Å². The van der Waals surface area contributed by atoms with Gasteiger partial charge in [-0.1, -0.05) is 12.1 Å². The molecule has 0 saturated heterocycles. The van der Waals surface area contributed by atoms with Gasteiger partial charge in [-0.2, -0.15) is 10.4 Å². The summed E-state index contributed by atoms with van der Waals surface area (Å²) in [6, 6.07) is 9.45. The van der Waals surface area contributed by atoms with Crippen LogP contribution < -0.4 is 0 Å². The number of carbonyl (C=O) groups excluding carboxylic acids is 1. The van der Waals surface area contributed by atoms with Gasteiger partial charge in [0.1, 0.15) is 16.5 Å². The molecule has 0 fully saturated rings. The van der Waals surface area contributed by atoms with Crippen LogP contribution >= 0.6 is 11.3 Å². The molecule has 0 spiro atoms. The van der Waals surface area contributed by atoms with Crippen molar-refractivity contribution in [3.8, 4) is 16.6 Å². The number of benzene rings is 1. The second-order valence-electron chi connectivity index (χ2n) is 5.51. The van der Waals surface area contributed by atoms with Crippen LogP contribution in [0.4, 0.5) is 0 Å². The number of aromatic amines is 1. The Morgan fingerprint density at radius 2 is 2.20 bits per heavy atom. The first-order chi connectivity index (χ1) is 12.2. The minimum atomic E-state index is -1.02. The smallest absolute Gasteiger partial charge is 0.206 e. The number of para-hydroxylation sites is 2. The molecule has 1 aromatic carbocycles. The fourth-order valence-electron chi connectivity index (χ4n) is 2.55. The van der Waals surface area contributed by atoms with Crippen LogP contribution in [0.2, 0.25) is 0 Å². The summed E-state index contributed by atoms with van der Waals surface area (Å²) in [5.41, 5.74) is 2.61. The van der Waals surface area contributed by atoms with Crippen molar-refractivity contribution in [3.05, 3.63) is 53.6 Å². The Bertz CT molecular complexity index is 1080. The van der Waals surface area contributed by atoms with Crippen molar-refractivity contribution in [1.29, 1.82) is 5.26 Å². The highest BCUT2D eigenvalue weighted by Crippen LogP contribution is 2.26. The van der Waals surface area contributed by atoms with Gasteiger partial charge in [0.05, 0.1) is 23.3 Å². The van der Waals surface area contributed by atoms with Crippen molar-refractivity contribution in [2.24, 2.45) is 7.05 Å². The number of nitrogens with one attached hydrogen (secondary N) is 1. The largest absolute Gasteiger partial charge is 0.340 e. The molecule has 0 aliphatic rings. The SMILES string of the molecule is Cn1cc(-c2nc(C(=O)[C@@H](C#N)c3nc4ccccc4[nH]3)cs2)cn1. The predicted octanol–water partition coefficient (Wildman–Crippen LogP) is 2.91. The molecule has 4 rings (SSSR count). The highest BCUT2D eigenvalue weighted by molar-refractivity contribution is 7.13. The minimum Gasteiger partial charge on any atom is -0.340 e. The van der Waals surface area contributed by atoms with Crippen LogP contribution in [0.1, 0.15) is 22.2 Å². The number of H-pyrrole nitrogens is 1. The molecule has 1 atom stereocenters. The second-order valence-corrected chi connectivity index (χ2v) is 6.36. The van der Waals surface area contributed by atoms with Gasteiger partial charge in [-0.15, -0.1) is 11.3 Å². The molecular formula is C17H12N6OS. The summed E-state index contributed by atoms with van der Waals surface area (Å²) in [4.78, 5) is 24.5. The van der Waals surface area contributed by atoms with Gasteiger partial charge in [-0.25, -0.2) is 9.97 Å². The van der Waals surface area contributed by atoms with E-state index in [2.05, 4.69) is 20.1 Å². The second kappa shape index (κ2) is 5.96. The highest BCUT2D eigenvalue weighted by atomic mass is 32.1. The maximum atomic E-state index is 12.7. The zero-order valence-corrected chi connectivity index (χ0v) is 14.0. The Morgan fingerprint density at radius 1 is 1.36 bits per heavy atom. The lowest BCUT2D eigenvalue weighted by atomic mass is 10.0. The van der Waals surface area contributed by atoms with Crippen LogP contribution in [0.3, 0.4) is 0 Å². The van der Waals surface area contributed by atoms with Gasteiger partial charge in [-0.3, -0.25) is 9.48 Å². The number of aromatic nitrogens is 5. The maximum absolute atomic E-state index is 12.7. The molecule has 0 unspecified atom stereocenters. The van der Waals surface area contributed by atoms with E-state index in [1.54, 1.807) is 16.3 Å². The lowest BCUT2D eigenvalue weighted by Gasteiger charge is -2.02. The maximum Gasteiger partial charge on any atom is 0.206 e. The number of thiazole rings is 1. The van der Waals surface area contributed by atoms with Crippen LogP contribution in [-0.2, 0) is 7.05 Å². The normalized spacial score (nSPS) is 12.2. The van der Waals surface area contributed by atoms with Gasteiger partial charge in [-0.05, 0) is 12.1 Å². The number of ketones is 1. The molecule has 25 heavy (non-hydrogen) atoms. The van der Waals surface area contributed by atoms with Gasteiger partial charge >= 0.3 is 0 Å². The van der Waals surface area contributed by atoms with Gasteiger partial charge in [0, 0.05) is 24.2 Å². The summed E-state index contributed by atoms with van der Waals surface area (Å²) in [5, 5.41) is 16.0. The third-order valence-electron chi connectivity index (χ3n) is 3.78. The Balaban J connectivity index is 1.66. The summed E-state index contributed by atoms with van der Waals surface area (Å²) >= 11 is 1.35. The molecule has 0 bridgehead atoms. The molecule has 122 valence electrons. The van der Waals surface area contributed by atoms with E-state index in [-0.39, 0.29) is 11.5 Å². The van der Waals surface area contributed by atoms with Crippen molar-refractivity contribution in [3.63, 3.8) is 0 Å². The number of nitriles is 1. The molecule has 0 saturated carbocycles. The first-order valence-corrected chi connectivity index (χ1v) is 8.36. The third kappa shape index (κ3) is 2.70. The van der Waals surface area contributed by atoms with Crippen molar-refractivity contribution in [2.45, 2.75) is 5.92 Å². The van der Waals surface area contributed by atoms with Crippen molar-refractivity contribution in [2.75, 3.05) is 0 Å². The first kappa shape index (κ1) is 15.2. The standard InChI is InChI=1S/C17H12N6OS/c1-23-8-10(7-19-23)17-22-14(9-25-17)15(24)11(6-18)16-20-12-4-2-3-5-13(12)21-16/h2-5,7-9,11H,1H3,(H,20,21)/t11-/m1/s1. The number of carbonyl (C=O) groups is 1. The van der Waals surface area contributed by atoms with Crippen LogP contribution in [0.15, 0.2) is 42.0 Å². The van der Waals surface area contributed by atoms with E-state index in [0.717, 1.165) is 16.6 Å². The molecule has 0 radical (unpaired) electrons. The number of hydrogen-bond acceptors (Lipinski definition) is 6. The zero-order valence-electron chi connectivity index (χ0n) is 13.2. The van der Waals surface area contributed by atoms with Gasteiger partial charge in [0.15, 0.2) is 5.92 Å². The minimum absolute atomic E-state index is 0.260. The molecule has 3 aromatic heterocycles. The van der Waals surface area contributed by atoms with Gasteiger partial charge < -0.3 is 4.98 Å². The Morgan fingerprint density at radius 3 is 2.92 bits per heavy atom. The average Bonchev–Trinajstić information content (AvgIpc) is 3.33. The third-order valence-corrected chi connectivity index (χ3v) is 4.67. The van der Waals surface area contributed by atoms with Crippen LogP contribution in [-0.4, -0.2) is 30.5 Å². The Kier molecular flexibility index (Phi) is 3.63. The van der Waals surface area contributed by atoms with Crippen molar-refractivity contribution in [1.82, 2.24) is 24.7 Å². The monoisotopic (exact) mass is 348 g/mol. The molecule has 0 amide bonds. The number of fused-ring (bicyclic) bond motifs is 1. The number of imidazole rings is 1. The molecule has 0 aliphatic carbocycles. The van der Waals surface area contributed by atoms with E-state index < -0.39 is 5.92 Å². The van der Waals surface area contributed by atoms with Crippen molar-refractivity contribution < 1.29 is 4.79 Å². The van der Waals surface area contributed by atoms with Crippen LogP contribution in [0.25, 0.3) is 21.6 Å². The molecule has 0 aliphatic heterocycles. The number of nitrogens with zero attached hydrogens (tertiary/aromatic N) is 5. The Hall–Kier alpha value is -3.31. The van der Waals surface area contributed by atoms with Gasteiger partial charge in [0.25, 0.3) is 0 Å². The van der Waals surface area contributed by atoms with Gasteiger partial charge in [0.2, 0.25) is 5.78 Å². The van der Waals surface area contributed by atoms with E-state index in [1.807, 2.05) is 43.6 Å². The molecule has 4 aromatic rings. The topological polar surface area (TPSA) is 100 Å². The van der Waals surface area contributed by atoms with E-state index in [4.69, 9.17) is 0 Å². The lowest BCUT2D eigenvalue weighted by Crippen LogP contribution is -2.13. The molecular weight excluding hydrogens is 336 g/mol. The molecule has 3 heterocycles. The molecule has 1 N–H and O–H groups in total. The van der Waals surface area contributed by atoms with E-state index in [0.29, 0.717) is 10.8 Å². The average molecular weight is 348 g/mol. The molecule has 7 nitrogen and oxygen atoms in total. The summed E-state index contributed by atoms with van der Waals surface area (Å²) < 4.78 is 1.67. The summed E-state index contributed by atoms with van der Waals surface area (Å²) in [6.07, 6.45) is 3.52. The number of Topliss-reactive ketones (excluding diaryl/α,β-unsaturated/α-hetero) is 1. The van der Waals surface area contributed by atoms with E-state index in [1.165, 1.54) is 11.3 Å². The number of aryl methyl sites for hydroxylation is 1. The summed E-state index contributed by atoms with van der Waals surface area (Å²) in [7, 11) is 1.82. The first-order valence-electron chi connectivity index (χ1n) is 7.48. The lowest BCUT2D eigenvalue weighted by molar-refractivity contribution is 0.0972. The van der Waals surface area contributed by atoms with E-state index >= 15 is 0 Å². The fourth-order valence-corrected chi connectivity index (χ4v) is 3.34.